The summed E-state index contributed by atoms with van der Waals surface area (Å²) in [5.74, 6) is -4.43. The van der Waals surface area contributed by atoms with Crippen LogP contribution in [0.5, 0.6) is 0 Å². The lowest BCUT2D eigenvalue weighted by Gasteiger charge is -2.43. The Morgan fingerprint density at radius 3 is 2.50 bits per heavy atom. The molecule has 1 aliphatic rings. The highest BCUT2D eigenvalue weighted by molar-refractivity contribution is 5.74. The summed E-state index contributed by atoms with van der Waals surface area (Å²) in [6.45, 7) is 2.19. The van der Waals surface area contributed by atoms with Gasteiger partial charge in [0.25, 0.3) is 0 Å². The van der Waals surface area contributed by atoms with Crippen molar-refractivity contribution in [1.82, 2.24) is 4.90 Å². The number of carbonyl (C=O) groups excluding carboxylic acids is 2. The van der Waals surface area contributed by atoms with Crippen molar-refractivity contribution >= 4 is 12.3 Å². The molecule has 0 saturated carbocycles. The molecule has 1 heterocycles. The normalized spacial score (nSPS) is 30.8. The molecule has 1 rings (SSSR count). The Bertz CT molecular complexity index is 349. The Balaban J connectivity index is 3.29. The molecule has 0 aromatic heterocycles. The van der Waals surface area contributed by atoms with Gasteiger partial charge in [-0.15, -0.1) is 0 Å². The van der Waals surface area contributed by atoms with Crippen molar-refractivity contribution in [3.63, 3.8) is 0 Å². The summed E-state index contributed by atoms with van der Waals surface area (Å²) in [5.41, 5.74) is 3.04. The number of nitrogens with two attached hydrogens (primary N) is 1. The van der Waals surface area contributed by atoms with Crippen LogP contribution in [0.3, 0.4) is 0 Å². The van der Waals surface area contributed by atoms with Crippen LogP contribution in [0, 0.1) is 5.92 Å². The monoisotopic (exact) mass is 266 g/mol. The fourth-order valence-electron chi connectivity index (χ4n) is 2.74. The number of urea groups is 1. The van der Waals surface area contributed by atoms with Gasteiger partial charge >= 0.3 is 12.0 Å². The van der Waals surface area contributed by atoms with E-state index in [1.165, 1.54) is 13.8 Å². The minimum Gasteiger partial charge on any atom is -0.351 e. The average Bonchev–Trinajstić information content (AvgIpc) is 2.46. The van der Waals surface area contributed by atoms with Crippen molar-refractivity contribution in [1.29, 1.82) is 0 Å². The molecule has 1 aliphatic heterocycles. The minimum atomic E-state index is -3.71. The third-order valence-electron chi connectivity index (χ3n) is 3.66. The van der Waals surface area contributed by atoms with E-state index in [9.17, 15) is 22.8 Å². The number of hydrogen-bond acceptors (Lipinski definition) is 2. The topological polar surface area (TPSA) is 63.4 Å². The van der Waals surface area contributed by atoms with Gasteiger partial charge in [-0.05, 0) is 12.3 Å². The number of nitrogens with zero attached hydrogens (tertiary/aromatic N) is 1. The first kappa shape index (κ1) is 14.8. The summed E-state index contributed by atoms with van der Waals surface area (Å²) in [7, 11) is 0. The van der Waals surface area contributed by atoms with Gasteiger partial charge in [-0.2, -0.15) is 0 Å². The van der Waals surface area contributed by atoms with Crippen molar-refractivity contribution in [2.24, 2.45) is 11.7 Å². The molecule has 18 heavy (non-hydrogen) atoms. The minimum absolute atomic E-state index is 0.176. The zero-order chi connectivity index (χ0) is 14.1. The third kappa shape index (κ3) is 1.85. The molecule has 2 N–H and O–H groups in total. The lowest BCUT2D eigenvalue weighted by Crippen LogP contribution is -2.61. The van der Waals surface area contributed by atoms with Gasteiger partial charge in [0.15, 0.2) is 6.17 Å². The highest BCUT2D eigenvalue weighted by atomic mass is 19.3. The van der Waals surface area contributed by atoms with Crippen LogP contribution in [-0.4, -0.2) is 41.4 Å². The standard InChI is InChI=1S/C11H17F3N2O2/c1-7(2)10(4-3-5-17)11(13,14)8(12)6-16(10)9(15)18/h5,7-8H,3-4,6H2,1-2H3,(H2,15,18). The van der Waals surface area contributed by atoms with Crippen LogP contribution in [-0.2, 0) is 4.79 Å². The summed E-state index contributed by atoms with van der Waals surface area (Å²) in [6, 6.07) is -1.09. The van der Waals surface area contributed by atoms with E-state index < -0.39 is 36.1 Å². The molecule has 0 spiro atoms. The zero-order valence-corrected chi connectivity index (χ0v) is 10.3. The molecule has 2 unspecified atom stereocenters. The number of hydrogen-bond donors (Lipinski definition) is 1. The number of rotatable bonds is 4. The van der Waals surface area contributed by atoms with Crippen LogP contribution < -0.4 is 5.73 Å². The van der Waals surface area contributed by atoms with Crippen LogP contribution >= 0.6 is 0 Å². The lowest BCUT2D eigenvalue weighted by atomic mass is 9.77. The van der Waals surface area contributed by atoms with E-state index >= 15 is 0 Å². The van der Waals surface area contributed by atoms with E-state index in [1.54, 1.807) is 0 Å². The van der Waals surface area contributed by atoms with Gasteiger partial charge in [-0.25, -0.2) is 18.0 Å². The van der Waals surface area contributed by atoms with E-state index in [-0.39, 0.29) is 12.8 Å². The van der Waals surface area contributed by atoms with E-state index in [1.807, 2.05) is 0 Å². The first-order valence-corrected chi connectivity index (χ1v) is 5.74. The molecule has 2 atom stereocenters. The van der Waals surface area contributed by atoms with Crippen molar-refractivity contribution in [2.45, 2.75) is 44.3 Å². The molecule has 4 nitrogen and oxygen atoms in total. The number of primary amides is 1. The molecule has 0 aromatic carbocycles. The fourth-order valence-corrected chi connectivity index (χ4v) is 2.74. The predicted molar refractivity (Wildman–Crippen MR) is 59.0 cm³/mol. The van der Waals surface area contributed by atoms with E-state index in [4.69, 9.17) is 5.73 Å². The van der Waals surface area contributed by atoms with Crippen molar-refractivity contribution in [3.05, 3.63) is 0 Å². The Morgan fingerprint density at radius 2 is 2.11 bits per heavy atom. The smallest absolute Gasteiger partial charge is 0.315 e. The van der Waals surface area contributed by atoms with Gasteiger partial charge in [0.1, 0.15) is 11.8 Å². The zero-order valence-electron chi connectivity index (χ0n) is 10.3. The molecule has 1 fully saturated rings. The summed E-state index contributed by atoms with van der Waals surface area (Å²) in [5, 5.41) is 0. The van der Waals surface area contributed by atoms with Gasteiger partial charge in [0.2, 0.25) is 0 Å². The second-order valence-corrected chi connectivity index (χ2v) is 4.82. The Labute approximate surface area is 103 Å². The Hall–Kier alpha value is -1.27. The lowest BCUT2D eigenvalue weighted by molar-refractivity contribution is -0.139. The van der Waals surface area contributed by atoms with Gasteiger partial charge in [0.05, 0.1) is 6.54 Å². The van der Waals surface area contributed by atoms with Crippen LogP contribution in [0.2, 0.25) is 0 Å². The summed E-state index contributed by atoms with van der Waals surface area (Å²) in [4.78, 5) is 22.4. The third-order valence-corrected chi connectivity index (χ3v) is 3.66. The quantitative estimate of drug-likeness (QED) is 0.787. The highest BCUT2D eigenvalue weighted by Crippen LogP contribution is 2.51. The van der Waals surface area contributed by atoms with Crippen molar-refractivity contribution in [2.75, 3.05) is 6.54 Å². The molecule has 0 aromatic rings. The molecule has 0 aliphatic carbocycles. The number of amides is 2. The van der Waals surface area contributed by atoms with Crippen LogP contribution in [0.1, 0.15) is 26.7 Å². The van der Waals surface area contributed by atoms with Crippen LogP contribution in [0.15, 0.2) is 0 Å². The Morgan fingerprint density at radius 1 is 1.56 bits per heavy atom. The molecule has 104 valence electrons. The number of halogens is 3. The van der Waals surface area contributed by atoms with Gasteiger partial charge in [-0.1, -0.05) is 13.8 Å². The number of carbonyl (C=O) groups is 2. The summed E-state index contributed by atoms with van der Waals surface area (Å²) in [6.07, 6.45) is -2.46. The number of alkyl halides is 3. The van der Waals surface area contributed by atoms with E-state index in [0.717, 1.165) is 0 Å². The molecular weight excluding hydrogens is 249 g/mol. The second kappa shape index (κ2) is 4.78. The van der Waals surface area contributed by atoms with Gasteiger partial charge in [0, 0.05) is 6.42 Å². The highest BCUT2D eigenvalue weighted by Gasteiger charge is 2.69. The maximum atomic E-state index is 14.1. The second-order valence-electron chi connectivity index (χ2n) is 4.82. The van der Waals surface area contributed by atoms with E-state index in [2.05, 4.69) is 0 Å². The average molecular weight is 266 g/mol. The van der Waals surface area contributed by atoms with E-state index in [0.29, 0.717) is 11.2 Å². The first-order chi connectivity index (χ1) is 8.21. The largest absolute Gasteiger partial charge is 0.351 e. The molecule has 0 bridgehead atoms. The SMILES string of the molecule is CC(C)C1(CCC=O)N(C(N)=O)CC(F)C1(F)F. The van der Waals surface area contributed by atoms with Crippen LogP contribution in [0.25, 0.3) is 0 Å². The predicted octanol–water partition coefficient (Wildman–Crippen LogP) is 1.73. The first-order valence-electron chi connectivity index (χ1n) is 5.74. The fraction of sp³-hybridized carbons (Fsp3) is 0.818. The summed E-state index contributed by atoms with van der Waals surface area (Å²) >= 11 is 0. The van der Waals surface area contributed by atoms with Gasteiger partial charge < -0.3 is 15.4 Å². The summed E-state index contributed by atoms with van der Waals surface area (Å²) < 4.78 is 41.7. The van der Waals surface area contributed by atoms with Gasteiger partial charge in [-0.3, -0.25) is 0 Å². The number of likely N-dealkylation sites (tertiary alicyclic amines) is 1. The van der Waals surface area contributed by atoms with Crippen molar-refractivity contribution < 1.29 is 22.8 Å². The number of aldehydes is 1. The molecule has 0 radical (unpaired) electrons. The van der Waals surface area contributed by atoms with Crippen molar-refractivity contribution in [3.8, 4) is 0 Å². The maximum Gasteiger partial charge on any atom is 0.315 e. The maximum absolute atomic E-state index is 14.1. The molecule has 2 amide bonds. The molecule has 1 saturated heterocycles. The molecular formula is C11H17F3N2O2. The Kier molecular flexibility index (Phi) is 3.92. The van der Waals surface area contributed by atoms with Crippen LogP contribution in [0.4, 0.5) is 18.0 Å². The molecule has 7 heteroatoms.